The number of aryl methyl sites for hydroxylation is 1. The molecule has 0 spiro atoms. The van der Waals surface area contributed by atoms with Crippen molar-refractivity contribution >= 4 is 22.6 Å². The molecule has 2 N–H and O–H groups in total. The van der Waals surface area contributed by atoms with Crippen molar-refractivity contribution in [2.24, 2.45) is 5.11 Å². The Hall–Kier alpha value is -2.90. The van der Waals surface area contributed by atoms with Crippen molar-refractivity contribution in [2.75, 3.05) is 6.79 Å². The molecule has 8 heteroatoms. The number of pyridine rings is 1. The third-order valence-electron chi connectivity index (χ3n) is 3.37. The van der Waals surface area contributed by atoms with Crippen LogP contribution < -0.4 is 14.9 Å². The van der Waals surface area contributed by atoms with E-state index in [0.29, 0.717) is 17.8 Å². The van der Waals surface area contributed by atoms with E-state index in [2.05, 4.69) is 5.11 Å². The Kier molecular flexibility index (Phi) is 2.86. The Labute approximate surface area is 118 Å². The van der Waals surface area contributed by atoms with E-state index in [4.69, 9.17) is 20.1 Å². The van der Waals surface area contributed by atoms with Crippen molar-refractivity contribution in [1.82, 2.24) is 4.57 Å². The van der Waals surface area contributed by atoms with Gasteiger partial charge in [-0.25, -0.2) is 10.3 Å². The number of nitrogens with one attached hydrogen (secondary N) is 1. The van der Waals surface area contributed by atoms with Crippen LogP contribution in [-0.2, 0) is 6.54 Å². The van der Waals surface area contributed by atoms with E-state index in [-0.39, 0.29) is 29.2 Å². The summed E-state index contributed by atoms with van der Waals surface area (Å²) in [5.41, 5.74) is 6.69. The number of benzene rings is 1. The number of nitrogens with zero attached hydrogens (tertiary/aromatic N) is 2. The van der Waals surface area contributed by atoms with Gasteiger partial charge in [0, 0.05) is 18.8 Å². The summed E-state index contributed by atoms with van der Waals surface area (Å²) >= 11 is 0. The van der Waals surface area contributed by atoms with Gasteiger partial charge in [0.15, 0.2) is 11.5 Å². The number of carboxylic acid groups (broad SMARTS) is 1. The van der Waals surface area contributed by atoms with Crippen LogP contribution >= 0.6 is 0 Å². The number of rotatable bonds is 3. The normalized spacial score (nSPS) is 12.6. The van der Waals surface area contributed by atoms with Gasteiger partial charge in [0.25, 0.3) is 0 Å². The van der Waals surface area contributed by atoms with Crippen molar-refractivity contribution in [3.05, 3.63) is 28.0 Å². The monoisotopic (exact) mass is 289 g/mol. The standard InChI is InChI=1S/C13H11N3O5/c1-2-16-4-6(13(18)19)11(17)9-7(16)3-8-12(10(9)15-14)21-5-20-8/h3-4,14H,2,5H2,1H3,(H,18,19). The molecule has 1 aromatic heterocycles. The second-order valence-electron chi connectivity index (χ2n) is 4.43. The van der Waals surface area contributed by atoms with E-state index in [1.54, 1.807) is 10.6 Å². The summed E-state index contributed by atoms with van der Waals surface area (Å²) in [4.78, 5) is 23.6. The van der Waals surface area contributed by atoms with Gasteiger partial charge in [-0.2, -0.15) is 5.11 Å². The fourth-order valence-corrected chi connectivity index (χ4v) is 2.40. The Morgan fingerprint density at radius 2 is 2.29 bits per heavy atom. The molecule has 0 saturated heterocycles. The molecule has 0 unspecified atom stereocenters. The van der Waals surface area contributed by atoms with Crippen LogP contribution in [0.2, 0.25) is 0 Å². The van der Waals surface area contributed by atoms with Crippen molar-refractivity contribution < 1.29 is 19.4 Å². The molecule has 2 heterocycles. The first-order chi connectivity index (χ1) is 10.1. The van der Waals surface area contributed by atoms with Gasteiger partial charge >= 0.3 is 5.97 Å². The van der Waals surface area contributed by atoms with Crippen LogP contribution in [0.5, 0.6) is 11.5 Å². The lowest BCUT2D eigenvalue weighted by Gasteiger charge is -2.12. The summed E-state index contributed by atoms with van der Waals surface area (Å²) in [6, 6.07) is 1.60. The summed E-state index contributed by atoms with van der Waals surface area (Å²) in [6.45, 7) is 2.24. The molecule has 108 valence electrons. The van der Waals surface area contributed by atoms with E-state index in [9.17, 15) is 9.59 Å². The maximum atomic E-state index is 12.4. The van der Waals surface area contributed by atoms with Gasteiger partial charge in [-0.1, -0.05) is 0 Å². The maximum absolute atomic E-state index is 12.4. The molecular formula is C13H11N3O5. The summed E-state index contributed by atoms with van der Waals surface area (Å²) in [5, 5.41) is 12.6. The smallest absolute Gasteiger partial charge is 0.341 e. The van der Waals surface area contributed by atoms with E-state index >= 15 is 0 Å². The summed E-state index contributed by atoms with van der Waals surface area (Å²) < 4.78 is 12.1. The summed E-state index contributed by atoms with van der Waals surface area (Å²) in [7, 11) is 0. The lowest BCUT2D eigenvalue weighted by molar-refractivity contribution is 0.0695. The van der Waals surface area contributed by atoms with E-state index in [1.165, 1.54) is 6.20 Å². The minimum absolute atomic E-state index is 0.00435. The highest BCUT2D eigenvalue weighted by Crippen LogP contribution is 2.45. The third kappa shape index (κ3) is 1.76. The molecular weight excluding hydrogens is 278 g/mol. The molecule has 21 heavy (non-hydrogen) atoms. The second-order valence-corrected chi connectivity index (χ2v) is 4.43. The van der Waals surface area contributed by atoms with Crippen LogP contribution in [0.4, 0.5) is 5.69 Å². The van der Waals surface area contributed by atoms with Crippen molar-refractivity contribution in [3.8, 4) is 11.5 Å². The fraction of sp³-hybridized carbons (Fsp3) is 0.231. The minimum atomic E-state index is -1.32. The van der Waals surface area contributed by atoms with Crippen LogP contribution in [0.25, 0.3) is 10.9 Å². The van der Waals surface area contributed by atoms with Crippen LogP contribution in [-0.4, -0.2) is 22.4 Å². The molecule has 1 aromatic carbocycles. The third-order valence-corrected chi connectivity index (χ3v) is 3.37. The first-order valence-corrected chi connectivity index (χ1v) is 6.19. The highest BCUT2D eigenvalue weighted by molar-refractivity contribution is 6.00. The van der Waals surface area contributed by atoms with Gasteiger partial charge < -0.3 is 19.1 Å². The van der Waals surface area contributed by atoms with Gasteiger partial charge in [-0.15, -0.1) is 0 Å². The predicted molar refractivity (Wildman–Crippen MR) is 71.8 cm³/mol. The van der Waals surface area contributed by atoms with E-state index < -0.39 is 11.4 Å². The Morgan fingerprint density at radius 3 is 2.90 bits per heavy atom. The SMILES string of the molecule is CCn1cc(C(=O)O)c(=O)c2c(N=N)c3c(cc21)OCO3. The highest BCUT2D eigenvalue weighted by Gasteiger charge is 2.26. The number of ether oxygens (including phenoxy) is 2. The average molecular weight is 289 g/mol. The van der Waals surface area contributed by atoms with Gasteiger partial charge in [-0.3, -0.25) is 4.79 Å². The van der Waals surface area contributed by atoms with Crippen molar-refractivity contribution in [2.45, 2.75) is 13.5 Å². The first kappa shape index (κ1) is 13.1. The quantitative estimate of drug-likeness (QED) is 0.840. The number of aromatic nitrogens is 1. The van der Waals surface area contributed by atoms with Gasteiger partial charge in [0.2, 0.25) is 12.2 Å². The molecule has 0 atom stereocenters. The maximum Gasteiger partial charge on any atom is 0.341 e. The minimum Gasteiger partial charge on any atom is -0.477 e. The lowest BCUT2D eigenvalue weighted by atomic mass is 10.1. The van der Waals surface area contributed by atoms with Gasteiger partial charge in [0.05, 0.1) is 10.9 Å². The van der Waals surface area contributed by atoms with Crippen LogP contribution in [0.15, 0.2) is 22.2 Å². The highest BCUT2D eigenvalue weighted by atomic mass is 16.7. The zero-order valence-corrected chi connectivity index (χ0v) is 11.0. The summed E-state index contributed by atoms with van der Waals surface area (Å²) in [5.74, 6) is -0.740. The van der Waals surface area contributed by atoms with Crippen molar-refractivity contribution in [1.29, 1.82) is 5.53 Å². The number of hydrogen-bond acceptors (Lipinski definition) is 6. The van der Waals surface area contributed by atoms with Crippen LogP contribution in [0.3, 0.4) is 0 Å². The largest absolute Gasteiger partial charge is 0.477 e. The van der Waals surface area contributed by atoms with Crippen LogP contribution in [0, 0.1) is 5.53 Å². The zero-order valence-electron chi connectivity index (χ0n) is 11.0. The molecule has 0 fully saturated rings. The first-order valence-electron chi connectivity index (χ1n) is 6.19. The Morgan fingerprint density at radius 1 is 1.52 bits per heavy atom. The average Bonchev–Trinajstić information content (AvgIpc) is 2.93. The number of fused-ring (bicyclic) bond motifs is 2. The predicted octanol–water partition coefficient (Wildman–Crippen LogP) is 2.11. The van der Waals surface area contributed by atoms with Crippen LogP contribution in [0.1, 0.15) is 17.3 Å². The molecule has 0 saturated carbocycles. The van der Waals surface area contributed by atoms with Gasteiger partial charge in [0.1, 0.15) is 11.3 Å². The molecule has 8 nitrogen and oxygen atoms in total. The number of carboxylic acids is 1. The van der Waals surface area contributed by atoms with E-state index in [1.807, 2.05) is 6.92 Å². The number of carbonyl (C=O) groups is 1. The molecule has 3 rings (SSSR count). The molecule has 1 aliphatic heterocycles. The Bertz CT molecular complexity index is 840. The number of aromatic carboxylic acids is 1. The second kappa shape index (κ2) is 4.58. The molecule has 0 bridgehead atoms. The van der Waals surface area contributed by atoms with Gasteiger partial charge in [-0.05, 0) is 6.92 Å². The van der Waals surface area contributed by atoms with E-state index in [0.717, 1.165) is 0 Å². The Balaban J connectivity index is 2.55. The molecule has 0 amide bonds. The topological polar surface area (TPSA) is 114 Å². The molecule has 1 aliphatic rings. The zero-order chi connectivity index (χ0) is 15.1. The molecule has 2 aromatic rings. The molecule has 0 aliphatic carbocycles. The fourth-order valence-electron chi connectivity index (χ4n) is 2.40. The summed E-state index contributed by atoms with van der Waals surface area (Å²) in [6.07, 6.45) is 1.28. The molecule has 0 radical (unpaired) electrons. The number of hydrogen-bond donors (Lipinski definition) is 2. The lowest BCUT2D eigenvalue weighted by Crippen LogP contribution is -2.18. The van der Waals surface area contributed by atoms with Crippen molar-refractivity contribution in [3.63, 3.8) is 0 Å².